The molecule has 0 fully saturated rings. The van der Waals surface area contributed by atoms with Gasteiger partial charge in [-0.25, -0.2) is 0 Å². The molecule has 2 aromatic rings. The molecule has 0 aliphatic rings. The largest absolute Gasteiger partial charge is 0.508 e. The zero-order valence-electron chi connectivity index (χ0n) is 17.2. The molecule has 4 nitrogen and oxygen atoms in total. The van der Waals surface area contributed by atoms with E-state index in [9.17, 15) is 10.0 Å². The molecule has 1 atom stereocenters. The van der Waals surface area contributed by atoms with Crippen molar-refractivity contribution in [3.05, 3.63) is 64.1 Å². The summed E-state index contributed by atoms with van der Waals surface area (Å²) in [5.41, 5.74) is 4.43. The number of nitroso groups, excluding NO2 is 1. The van der Waals surface area contributed by atoms with Crippen molar-refractivity contribution in [2.75, 3.05) is 18.0 Å². The van der Waals surface area contributed by atoms with Gasteiger partial charge in [0.25, 0.3) is 0 Å². The number of nitrogens with zero attached hydrogens (tertiary/aromatic N) is 2. The summed E-state index contributed by atoms with van der Waals surface area (Å²) in [5.74, 6) is 0.252. The summed E-state index contributed by atoms with van der Waals surface area (Å²) in [5, 5.41) is 13.0. The fourth-order valence-corrected chi connectivity index (χ4v) is 3.50. The second-order valence-electron chi connectivity index (χ2n) is 8.03. The van der Waals surface area contributed by atoms with Crippen molar-refractivity contribution in [2.24, 2.45) is 5.18 Å². The zero-order chi connectivity index (χ0) is 20.0. The van der Waals surface area contributed by atoms with E-state index < -0.39 is 0 Å². The average Bonchev–Trinajstić information content (AvgIpc) is 2.63. The molecule has 1 N–H and O–H groups in total. The highest BCUT2D eigenvalue weighted by Gasteiger charge is 2.23. The molecule has 146 valence electrons. The molecule has 0 saturated heterocycles. The molecule has 0 radical (unpaired) electrons. The number of rotatable bonds is 8. The molecule has 1 unspecified atom stereocenters. The highest BCUT2D eigenvalue weighted by atomic mass is 16.3. The SMILES string of the molecule is CCN(CC)c1ccc(C(CCc2cccc(O)c2)N=O)cc1C(C)(C)C. The molecule has 0 bridgehead atoms. The second-order valence-corrected chi connectivity index (χ2v) is 8.03. The summed E-state index contributed by atoms with van der Waals surface area (Å²) in [6.45, 7) is 12.8. The van der Waals surface area contributed by atoms with Crippen LogP contribution in [0.4, 0.5) is 5.69 Å². The van der Waals surface area contributed by atoms with E-state index in [0.29, 0.717) is 12.8 Å². The maximum absolute atomic E-state index is 11.6. The summed E-state index contributed by atoms with van der Waals surface area (Å²) in [6, 6.07) is 13.1. The van der Waals surface area contributed by atoms with Crippen LogP contribution in [-0.4, -0.2) is 18.2 Å². The highest BCUT2D eigenvalue weighted by Crippen LogP contribution is 2.36. The van der Waals surface area contributed by atoms with E-state index in [1.807, 2.05) is 18.2 Å². The molecule has 0 spiro atoms. The summed E-state index contributed by atoms with van der Waals surface area (Å²) in [4.78, 5) is 13.9. The van der Waals surface area contributed by atoms with Crippen LogP contribution in [-0.2, 0) is 11.8 Å². The van der Waals surface area contributed by atoms with Crippen LogP contribution >= 0.6 is 0 Å². The number of hydrogen-bond acceptors (Lipinski definition) is 4. The first-order valence-corrected chi connectivity index (χ1v) is 9.79. The Kier molecular flexibility index (Phi) is 7.00. The fourth-order valence-electron chi connectivity index (χ4n) is 3.50. The number of hydrogen-bond donors (Lipinski definition) is 1. The standard InChI is InChI=1S/C23H32N2O2/c1-6-25(7-2)22-14-12-18(16-20(22)23(3,4)5)21(24-27)13-11-17-9-8-10-19(26)15-17/h8-10,12,14-16,21,26H,6-7,11,13H2,1-5H3. The van der Waals surface area contributed by atoms with E-state index in [-0.39, 0.29) is 17.2 Å². The first kappa shape index (κ1) is 20.9. The highest BCUT2D eigenvalue weighted by molar-refractivity contribution is 5.58. The van der Waals surface area contributed by atoms with E-state index in [0.717, 1.165) is 24.2 Å². The Morgan fingerprint density at radius 3 is 2.33 bits per heavy atom. The third-order valence-electron chi connectivity index (χ3n) is 5.06. The van der Waals surface area contributed by atoms with Gasteiger partial charge in [-0.1, -0.05) is 50.2 Å². The first-order valence-electron chi connectivity index (χ1n) is 9.79. The topological polar surface area (TPSA) is 52.9 Å². The van der Waals surface area contributed by atoms with Crippen molar-refractivity contribution >= 4 is 5.69 Å². The van der Waals surface area contributed by atoms with Crippen molar-refractivity contribution < 1.29 is 5.11 Å². The normalized spacial score (nSPS) is 12.6. The molecule has 0 aliphatic carbocycles. The van der Waals surface area contributed by atoms with Gasteiger partial charge in [-0.2, -0.15) is 4.91 Å². The summed E-state index contributed by atoms with van der Waals surface area (Å²) < 4.78 is 0. The van der Waals surface area contributed by atoms with Crippen LogP contribution in [0, 0.1) is 4.91 Å². The third-order valence-corrected chi connectivity index (χ3v) is 5.06. The number of aryl methyl sites for hydroxylation is 1. The van der Waals surface area contributed by atoms with Gasteiger partial charge in [0.15, 0.2) is 0 Å². The van der Waals surface area contributed by atoms with E-state index >= 15 is 0 Å². The maximum Gasteiger partial charge on any atom is 0.117 e. The van der Waals surface area contributed by atoms with Gasteiger partial charge < -0.3 is 10.0 Å². The quantitative estimate of drug-likeness (QED) is 0.583. The maximum atomic E-state index is 11.6. The molecule has 2 aromatic carbocycles. The van der Waals surface area contributed by atoms with Crippen LogP contribution in [0.15, 0.2) is 47.6 Å². The van der Waals surface area contributed by atoms with Gasteiger partial charge in [-0.3, -0.25) is 0 Å². The molecule has 0 amide bonds. The average molecular weight is 369 g/mol. The molecule has 0 aromatic heterocycles. The second kappa shape index (κ2) is 9.03. The summed E-state index contributed by atoms with van der Waals surface area (Å²) >= 11 is 0. The van der Waals surface area contributed by atoms with E-state index in [1.165, 1.54) is 11.3 Å². The zero-order valence-corrected chi connectivity index (χ0v) is 17.2. The van der Waals surface area contributed by atoms with Crippen molar-refractivity contribution in [1.82, 2.24) is 0 Å². The number of anilines is 1. The summed E-state index contributed by atoms with van der Waals surface area (Å²) in [6.07, 6.45) is 1.33. The van der Waals surface area contributed by atoms with Gasteiger partial charge >= 0.3 is 0 Å². The number of aromatic hydroxyl groups is 1. The van der Waals surface area contributed by atoms with Gasteiger partial charge in [0.2, 0.25) is 0 Å². The number of phenols is 1. The lowest BCUT2D eigenvalue weighted by molar-refractivity contribution is 0.474. The van der Waals surface area contributed by atoms with Gasteiger partial charge in [0, 0.05) is 18.8 Å². The van der Waals surface area contributed by atoms with Crippen LogP contribution in [0.3, 0.4) is 0 Å². The minimum absolute atomic E-state index is 0.0212. The molecule has 27 heavy (non-hydrogen) atoms. The number of phenolic OH excluding ortho intramolecular Hbond substituents is 1. The van der Waals surface area contributed by atoms with E-state index in [1.54, 1.807) is 12.1 Å². The van der Waals surface area contributed by atoms with Crippen molar-refractivity contribution in [1.29, 1.82) is 0 Å². The monoisotopic (exact) mass is 368 g/mol. The minimum Gasteiger partial charge on any atom is -0.508 e. The Morgan fingerprint density at radius 1 is 1.07 bits per heavy atom. The third kappa shape index (κ3) is 5.31. The van der Waals surface area contributed by atoms with Crippen LogP contribution in [0.5, 0.6) is 5.75 Å². The Morgan fingerprint density at radius 2 is 1.78 bits per heavy atom. The van der Waals surface area contributed by atoms with Crippen molar-refractivity contribution in [3.63, 3.8) is 0 Å². The lowest BCUT2D eigenvalue weighted by atomic mass is 9.83. The van der Waals surface area contributed by atoms with Gasteiger partial charge in [-0.15, -0.1) is 0 Å². The van der Waals surface area contributed by atoms with Crippen LogP contribution < -0.4 is 4.90 Å². The minimum atomic E-state index is -0.390. The molecule has 0 aliphatic heterocycles. The van der Waals surface area contributed by atoms with Crippen LogP contribution in [0.25, 0.3) is 0 Å². The lowest BCUT2D eigenvalue weighted by Crippen LogP contribution is -2.26. The molecule has 0 heterocycles. The molecular weight excluding hydrogens is 336 g/mol. The van der Waals surface area contributed by atoms with E-state index in [4.69, 9.17) is 0 Å². The fraction of sp³-hybridized carbons (Fsp3) is 0.478. The molecule has 0 saturated carbocycles. The Hall–Kier alpha value is -2.36. The Bertz CT molecular complexity index is 761. The van der Waals surface area contributed by atoms with Crippen LogP contribution in [0.1, 0.15) is 63.8 Å². The molecule has 2 rings (SSSR count). The van der Waals surface area contributed by atoms with Crippen molar-refractivity contribution in [3.8, 4) is 5.75 Å². The van der Waals surface area contributed by atoms with E-state index in [2.05, 4.69) is 56.8 Å². The van der Waals surface area contributed by atoms with Gasteiger partial charge in [0.1, 0.15) is 11.8 Å². The predicted octanol–water partition coefficient (Wildman–Crippen LogP) is 5.98. The lowest BCUT2D eigenvalue weighted by Gasteiger charge is -2.31. The summed E-state index contributed by atoms with van der Waals surface area (Å²) in [7, 11) is 0. The molecule has 4 heteroatoms. The van der Waals surface area contributed by atoms with Gasteiger partial charge in [-0.05, 0) is 67.0 Å². The predicted molar refractivity (Wildman–Crippen MR) is 114 cm³/mol. The number of benzene rings is 2. The van der Waals surface area contributed by atoms with Crippen molar-refractivity contribution in [2.45, 2.75) is 58.9 Å². The Labute approximate surface area is 163 Å². The molecular formula is C23H32N2O2. The van der Waals surface area contributed by atoms with Gasteiger partial charge in [0.05, 0.1) is 0 Å². The van der Waals surface area contributed by atoms with Crippen LogP contribution in [0.2, 0.25) is 0 Å². The smallest absolute Gasteiger partial charge is 0.117 e. The Balaban J connectivity index is 2.30. The first-order chi connectivity index (χ1) is 12.8.